The van der Waals surface area contributed by atoms with E-state index in [9.17, 15) is 9.59 Å². The van der Waals surface area contributed by atoms with Crippen LogP contribution in [0.4, 0.5) is 0 Å². The molecule has 2 saturated heterocycles. The molecule has 0 radical (unpaired) electrons. The molecule has 0 unspecified atom stereocenters. The number of amides is 2. The van der Waals surface area contributed by atoms with Gasteiger partial charge in [0, 0.05) is 20.1 Å². The van der Waals surface area contributed by atoms with Crippen LogP contribution in [0.5, 0.6) is 0 Å². The summed E-state index contributed by atoms with van der Waals surface area (Å²) in [5, 5.41) is 11.5. The highest BCUT2D eigenvalue weighted by Gasteiger charge is 2.49. The standard InChI is InChI=1S/C25H36N4O2/c1-28-23(31)25(27-24(28)26,14-12-19-8-4-2-5-9-19)17-21-13-15-29(18-21)22(30)16-20-10-6-3-7-11-20/h3,6-7,10-11,19,21H,2,4-5,8-9,12-18H2,1H3,(H2,26,27)/t21-,25+/m1/s1. The third-order valence-corrected chi connectivity index (χ3v) is 7.59. The van der Waals surface area contributed by atoms with Crippen LogP contribution in [0.25, 0.3) is 0 Å². The summed E-state index contributed by atoms with van der Waals surface area (Å²) in [5.41, 5.74) is 0.370. The molecule has 2 heterocycles. The zero-order valence-electron chi connectivity index (χ0n) is 18.7. The Bertz CT molecular complexity index is 805. The average Bonchev–Trinajstić information content (AvgIpc) is 3.33. The molecule has 0 aromatic heterocycles. The molecule has 1 saturated carbocycles. The first-order valence-electron chi connectivity index (χ1n) is 11.9. The number of benzene rings is 1. The van der Waals surface area contributed by atoms with Gasteiger partial charge in [-0.2, -0.15) is 0 Å². The lowest BCUT2D eigenvalue weighted by Crippen LogP contribution is -2.49. The van der Waals surface area contributed by atoms with Crippen molar-refractivity contribution in [1.82, 2.24) is 15.1 Å². The highest BCUT2D eigenvalue weighted by atomic mass is 16.2. The zero-order valence-corrected chi connectivity index (χ0v) is 18.7. The van der Waals surface area contributed by atoms with E-state index in [0.717, 1.165) is 31.4 Å². The summed E-state index contributed by atoms with van der Waals surface area (Å²) in [4.78, 5) is 29.4. The maximum absolute atomic E-state index is 13.2. The number of nitrogens with zero attached hydrogens (tertiary/aromatic N) is 2. The molecule has 6 nitrogen and oxygen atoms in total. The monoisotopic (exact) mass is 424 g/mol. The molecule has 2 atom stereocenters. The number of hydrogen-bond donors (Lipinski definition) is 2. The van der Waals surface area contributed by atoms with Gasteiger partial charge in [-0.3, -0.25) is 19.9 Å². The molecular formula is C25H36N4O2. The molecule has 6 heteroatoms. The van der Waals surface area contributed by atoms with Crippen LogP contribution in [0.1, 0.15) is 63.4 Å². The van der Waals surface area contributed by atoms with Gasteiger partial charge in [-0.25, -0.2) is 0 Å². The number of hydrogen-bond acceptors (Lipinski definition) is 3. The molecular weight excluding hydrogens is 388 g/mol. The molecule has 2 amide bonds. The number of likely N-dealkylation sites (tertiary alicyclic amines) is 1. The molecule has 168 valence electrons. The first-order chi connectivity index (χ1) is 15.0. The SMILES string of the molecule is CN1C(=N)N[C@@](CCC2CCCCC2)(C[C@H]2CCN(C(=O)Cc3ccccc3)C2)C1=O. The first kappa shape index (κ1) is 21.8. The van der Waals surface area contributed by atoms with Crippen molar-refractivity contribution in [2.75, 3.05) is 20.1 Å². The van der Waals surface area contributed by atoms with Gasteiger partial charge in [0.2, 0.25) is 5.91 Å². The predicted octanol–water partition coefficient (Wildman–Crippen LogP) is 3.56. The van der Waals surface area contributed by atoms with Gasteiger partial charge in [0.15, 0.2) is 5.96 Å². The number of rotatable bonds is 7. The van der Waals surface area contributed by atoms with Crippen LogP contribution < -0.4 is 5.32 Å². The van der Waals surface area contributed by atoms with Gasteiger partial charge >= 0.3 is 0 Å². The topological polar surface area (TPSA) is 76.5 Å². The Labute approximate surface area is 185 Å². The third-order valence-electron chi connectivity index (χ3n) is 7.59. The largest absolute Gasteiger partial charge is 0.342 e. The smallest absolute Gasteiger partial charge is 0.254 e. The Hall–Kier alpha value is -2.37. The molecule has 31 heavy (non-hydrogen) atoms. The van der Waals surface area contributed by atoms with Crippen molar-refractivity contribution in [2.24, 2.45) is 11.8 Å². The second kappa shape index (κ2) is 9.41. The summed E-state index contributed by atoms with van der Waals surface area (Å²) in [7, 11) is 1.70. The molecule has 1 aromatic carbocycles. The Balaban J connectivity index is 1.38. The lowest BCUT2D eigenvalue weighted by molar-refractivity contribution is -0.131. The van der Waals surface area contributed by atoms with E-state index in [0.29, 0.717) is 31.2 Å². The second-order valence-corrected chi connectivity index (χ2v) is 9.82. The minimum absolute atomic E-state index is 0.0300. The maximum atomic E-state index is 13.2. The van der Waals surface area contributed by atoms with Crippen LogP contribution in [0.15, 0.2) is 30.3 Å². The number of guanidine groups is 1. The van der Waals surface area contributed by atoms with Crippen LogP contribution in [0.2, 0.25) is 0 Å². The van der Waals surface area contributed by atoms with Gasteiger partial charge in [0.1, 0.15) is 5.54 Å². The van der Waals surface area contributed by atoms with Crippen molar-refractivity contribution >= 4 is 17.8 Å². The molecule has 3 aliphatic rings. The molecule has 0 spiro atoms. The van der Waals surface area contributed by atoms with Crippen molar-refractivity contribution < 1.29 is 9.59 Å². The second-order valence-electron chi connectivity index (χ2n) is 9.82. The lowest BCUT2D eigenvalue weighted by Gasteiger charge is -2.32. The minimum Gasteiger partial charge on any atom is -0.342 e. The van der Waals surface area contributed by atoms with Crippen molar-refractivity contribution in [2.45, 2.75) is 69.7 Å². The molecule has 4 rings (SSSR count). The quantitative estimate of drug-likeness (QED) is 0.703. The van der Waals surface area contributed by atoms with Crippen LogP contribution >= 0.6 is 0 Å². The summed E-state index contributed by atoms with van der Waals surface area (Å²) in [5.74, 6) is 1.40. The summed E-state index contributed by atoms with van der Waals surface area (Å²) in [6.45, 7) is 1.47. The highest BCUT2D eigenvalue weighted by Crippen LogP contribution is 2.36. The molecule has 2 aliphatic heterocycles. The fourth-order valence-electron chi connectivity index (χ4n) is 5.72. The zero-order chi connectivity index (χ0) is 21.8. The van der Waals surface area contributed by atoms with Crippen molar-refractivity contribution in [1.29, 1.82) is 5.41 Å². The van der Waals surface area contributed by atoms with Gasteiger partial charge in [-0.05, 0) is 43.1 Å². The number of nitrogens with one attached hydrogen (secondary N) is 2. The van der Waals surface area contributed by atoms with Crippen LogP contribution in [-0.2, 0) is 16.0 Å². The molecule has 2 N–H and O–H groups in total. The Morgan fingerprint density at radius 3 is 2.55 bits per heavy atom. The Kier molecular flexibility index (Phi) is 6.63. The molecule has 1 aliphatic carbocycles. The summed E-state index contributed by atoms with van der Waals surface area (Å²) >= 11 is 0. The van der Waals surface area contributed by atoms with E-state index in [1.165, 1.54) is 37.0 Å². The van der Waals surface area contributed by atoms with Gasteiger partial charge in [-0.15, -0.1) is 0 Å². The Morgan fingerprint density at radius 1 is 1.13 bits per heavy atom. The van der Waals surface area contributed by atoms with Gasteiger partial charge < -0.3 is 10.2 Å². The third kappa shape index (κ3) is 4.94. The van der Waals surface area contributed by atoms with Crippen LogP contribution in [-0.4, -0.2) is 53.2 Å². The fourth-order valence-corrected chi connectivity index (χ4v) is 5.72. The van der Waals surface area contributed by atoms with Crippen molar-refractivity contribution in [3.63, 3.8) is 0 Å². The maximum Gasteiger partial charge on any atom is 0.254 e. The van der Waals surface area contributed by atoms with E-state index >= 15 is 0 Å². The molecule has 3 fully saturated rings. The fraction of sp³-hybridized carbons (Fsp3) is 0.640. The van der Waals surface area contributed by atoms with Crippen LogP contribution in [0.3, 0.4) is 0 Å². The van der Waals surface area contributed by atoms with E-state index in [2.05, 4.69) is 5.32 Å². The van der Waals surface area contributed by atoms with E-state index in [4.69, 9.17) is 5.41 Å². The van der Waals surface area contributed by atoms with E-state index in [-0.39, 0.29) is 17.8 Å². The van der Waals surface area contributed by atoms with Crippen LogP contribution in [0, 0.1) is 17.2 Å². The van der Waals surface area contributed by atoms with Gasteiger partial charge in [0.25, 0.3) is 5.91 Å². The van der Waals surface area contributed by atoms with Crippen molar-refractivity contribution in [3.05, 3.63) is 35.9 Å². The van der Waals surface area contributed by atoms with E-state index in [1.54, 1.807) is 7.05 Å². The van der Waals surface area contributed by atoms with Gasteiger partial charge in [0.05, 0.1) is 6.42 Å². The van der Waals surface area contributed by atoms with E-state index in [1.807, 2.05) is 35.2 Å². The highest BCUT2D eigenvalue weighted by molar-refractivity contribution is 6.07. The number of carbonyl (C=O) groups excluding carboxylic acids is 2. The van der Waals surface area contributed by atoms with Gasteiger partial charge in [-0.1, -0.05) is 62.4 Å². The minimum atomic E-state index is -0.674. The average molecular weight is 425 g/mol. The summed E-state index contributed by atoms with van der Waals surface area (Å²) < 4.78 is 0. The van der Waals surface area contributed by atoms with E-state index < -0.39 is 5.54 Å². The number of likely N-dealkylation sites (N-methyl/N-ethyl adjacent to an activating group) is 1. The summed E-state index contributed by atoms with van der Waals surface area (Å²) in [6, 6.07) is 9.89. The molecule has 0 bridgehead atoms. The normalized spacial score (nSPS) is 27.1. The first-order valence-corrected chi connectivity index (χ1v) is 11.9. The number of carbonyl (C=O) groups is 2. The lowest BCUT2D eigenvalue weighted by atomic mass is 9.78. The molecule has 1 aromatic rings. The predicted molar refractivity (Wildman–Crippen MR) is 122 cm³/mol. The van der Waals surface area contributed by atoms with Crippen molar-refractivity contribution in [3.8, 4) is 0 Å². The Morgan fingerprint density at radius 2 is 1.87 bits per heavy atom. The summed E-state index contributed by atoms with van der Waals surface area (Å²) in [6.07, 6.45) is 10.4.